The Labute approximate surface area is 83.6 Å². The highest BCUT2D eigenvalue weighted by Gasteiger charge is 2.02. The van der Waals surface area contributed by atoms with Gasteiger partial charge in [0.05, 0.1) is 5.84 Å². The van der Waals surface area contributed by atoms with Crippen LogP contribution in [0.4, 0.5) is 0 Å². The van der Waals surface area contributed by atoms with E-state index in [2.05, 4.69) is 20.9 Å². The van der Waals surface area contributed by atoms with Gasteiger partial charge in [-0.05, 0) is 27.6 Å². The van der Waals surface area contributed by atoms with Gasteiger partial charge in [0.1, 0.15) is 5.15 Å². The largest absolute Gasteiger partial charge is 0.387 e. The molecule has 5 heteroatoms. The normalized spacial score (nSPS) is 9.83. The van der Waals surface area contributed by atoms with Crippen molar-refractivity contribution in [1.29, 1.82) is 5.41 Å². The first-order valence-electron chi connectivity index (χ1n) is 3.22. The summed E-state index contributed by atoms with van der Waals surface area (Å²) in [5, 5.41) is 7.50. The van der Waals surface area contributed by atoms with Gasteiger partial charge in [0, 0.05) is 17.1 Å². The quantitative estimate of drug-likeness (QED) is 0.477. The lowest BCUT2D eigenvalue weighted by molar-refractivity contribution is 1.19. The van der Waals surface area contributed by atoms with Gasteiger partial charge < -0.3 is 5.73 Å². The molecule has 0 aliphatic carbocycles. The second-order valence-electron chi connectivity index (χ2n) is 2.30. The molecule has 0 fully saturated rings. The number of hydrogen-bond acceptors (Lipinski definition) is 2. The van der Waals surface area contributed by atoms with Gasteiger partial charge in [-0.3, -0.25) is 5.41 Å². The Kier molecular flexibility index (Phi) is 3.05. The van der Waals surface area contributed by atoms with Crippen molar-refractivity contribution in [2.45, 2.75) is 6.42 Å². The number of amidine groups is 1. The van der Waals surface area contributed by atoms with Crippen molar-refractivity contribution in [2.75, 3.05) is 0 Å². The van der Waals surface area contributed by atoms with Crippen LogP contribution in [0.5, 0.6) is 0 Å². The van der Waals surface area contributed by atoms with Gasteiger partial charge in [-0.1, -0.05) is 11.6 Å². The first kappa shape index (κ1) is 9.48. The first-order chi connectivity index (χ1) is 5.59. The number of nitrogens with zero attached hydrogens (tertiary/aromatic N) is 1. The van der Waals surface area contributed by atoms with Crippen LogP contribution in [0.25, 0.3) is 0 Å². The Morgan fingerprint density at radius 2 is 2.42 bits per heavy atom. The highest BCUT2D eigenvalue weighted by Crippen LogP contribution is 2.18. The molecule has 0 aromatic carbocycles. The fourth-order valence-corrected chi connectivity index (χ4v) is 1.33. The Morgan fingerprint density at radius 1 is 1.75 bits per heavy atom. The van der Waals surface area contributed by atoms with Crippen LogP contribution in [0.2, 0.25) is 5.15 Å². The van der Waals surface area contributed by atoms with Crippen LogP contribution < -0.4 is 5.73 Å². The molecule has 3 N–H and O–H groups in total. The fourth-order valence-electron chi connectivity index (χ4n) is 0.792. The number of aromatic nitrogens is 1. The summed E-state index contributed by atoms with van der Waals surface area (Å²) in [6, 6.07) is 1.69. The van der Waals surface area contributed by atoms with Gasteiger partial charge in [0.25, 0.3) is 0 Å². The molecule has 1 aromatic heterocycles. The maximum absolute atomic E-state index is 7.09. The summed E-state index contributed by atoms with van der Waals surface area (Å²) >= 11 is 8.94. The molecule has 64 valence electrons. The third-order valence-electron chi connectivity index (χ3n) is 1.28. The lowest BCUT2D eigenvalue weighted by atomic mass is 10.2. The highest BCUT2D eigenvalue weighted by atomic mass is 79.9. The minimum Gasteiger partial charge on any atom is -0.387 e. The second kappa shape index (κ2) is 3.87. The van der Waals surface area contributed by atoms with Crippen LogP contribution in [0, 0.1) is 5.41 Å². The lowest BCUT2D eigenvalue weighted by Gasteiger charge is -2.02. The van der Waals surface area contributed by atoms with E-state index in [0.717, 1.165) is 10.0 Å². The molecule has 0 amide bonds. The zero-order chi connectivity index (χ0) is 9.14. The highest BCUT2D eigenvalue weighted by molar-refractivity contribution is 9.10. The summed E-state index contributed by atoms with van der Waals surface area (Å²) in [5.74, 6) is 0.109. The zero-order valence-corrected chi connectivity index (χ0v) is 8.48. The minimum absolute atomic E-state index is 0.109. The number of hydrogen-bond donors (Lipinski definition) is 2. The van der Waals surface area contributed by atoms with Crippen LogP contribution >= 0.6 is 27.5 Å². The molecule has 0 unspecified atom stereocenters. The summed E-state index contributed by atoms with van der Waals surface area (Å²) < 4.78 is 0.821. The van der Waals surface area contributed by atoms with E-state index in [4.69, 9.17) is 22.7 Å². The van der Waals surface area contributed by atoms with E-state index in [0.29, 0.717) is 11.6 Å². The topological polar surface area (TPSA) is 62.8 Å². The van der Waals surface area contributed by atoms with Crippen LogP contribution in [0.3, 0.4) is 0 Å². The van der Waals surface area contributed by atoms with Gasteiger partial charge in [0.2, 0.25) is 0 Å². The summed E-state index contributed by atoms with van der Waals surface area (Å²) in [5.41, 5.74) is 6.12. The monoisotopic (exact) mass is 247 g/mol. The maximum atomic E-state index is 7.09. The molecule has 1 aromatic rings. The average Bonchev–Trinajstić information content (AvgIpc) is 1.96. The van der Waals surface area contributed by atoms with Crippen molar-refractivity contribution >= 4 is 33.4 Å². The Hall–Kier alpha value is -0.610. The number of nitrogens with two attached hydrogens (primary N) is 1. The Balaban J connectivity index is 2.97. The predicted molar refractivity (Wildman–Crippen MR) is 52.6 cm³/mol. The molecule has 0 radical (unpaired) electrons. The molecule has 1 heterocycles. The molecular formula is C7H7BrClN3. The van der Waals surface area contributed by atoms with Gasteiger partial charge in [0.15, 0.2) is 0 Å². The summed E-state index contributed by atoms with van der Waals surface area (Å²) in [6.45, 7) is 0. The molecule has 12 heavy (non-hydrogen) atoms. The predicted octanol–water partition coefficient (Wildman–Crippen LogP) is 1.98. The van der Waals surface area contributed by atoms with E-state index in [-0.39, 0.29) is 5.84 Å². The van der Waals surface area contributed by atoms with Crippen LogP contribution in [0.1, 0.15) is 5.56 Å². The molecule has 0 bridgehead atoms. The summed E-state index contributed by atoms with van der Waals surface area (Å²) in [7, 11) is 0. The number of halogens is 2. The smallest absolute Gasteiger partial charge is 0.129 e. The molecule has 0 aliphatic rings. The lowest BCUT2D eigenvalue weighted by Crippen LogP contribution is -2.13. The van der Waals surface area contributed by atoms with Crippen molar-refractivity contribution in [1.82, 2.24) is 4.98 Å². The van der Waals surface area contributed by atoms with E-state index in [1.165, 1.54) is 0 Å². The third kappa shape index (κ3) is 2.46. The molecule has 0 saturated heterocycles. The van der Waals surface area contributed by atoms with Gasteiger partial charge >= 0.3 is 0 Å². The van der Waals surface area contributed by atoms with E-state index in [1.54, 1.807) is 12.3 Å². The SMILES string of the molecule is N=C(N)Cc1cc(Cl)ncc1Br. The molecule has 0 saturated carbocycles. The Morgan fingerprint density at radius 3 is 3.00 bits per heavy atom. The van der Waals surface area contributed by atoms with Crippen LogP contribution in [-0.4, -0.2) is 10.8 Å². The third-order valence-corrected chi connectivity index (χ3v) is 2.20. The molecular weight excluding hydrogens is 241 g/mol. The molecule has 3 nitrogen and oxygen atoms in total. The zero-order valence-electron chi connectivity index (χ0n) is 6.14. The number of rotatable bonds is 2. The number of pyridine rings is 1. The molecule has 0 spiro atoms. The Bertz CT molecular complexity index is 314. The van der Waals surface area contributed by atoms with Crippen LogP contribution in [-0.2, 0) is 6.42 Å². The van der Waals surface area contributed by atoms with Crippen molar-refractivity contribution in [3.63, 3.8) is 0 Å². The second-order valence-corrected chi connectivity index (χ2v) is 3.54. The van der Waals surface area contributed by atoms with Crippen molar-refractivity contribution in [3.05, 3.63) is 27.5 Å². The van der Waals surface area contributed by atoms with E-state index in [1.807, 2.05) is 0 Å². The van der Waals surface area contributed by atoms with Crippen molar-refractivity contribution in [3.8, 4) is 0 Å². The molecule has 0 aliphatic heterocycles. The number of nitrogens with one attached hydrogen (secondary N) is 1. The van der Waals surface area contributed by atoms with Gasteiger partial charge in [-0.15, -0.1) is 0 Å². The molecule has 1 rings (SSSR count). The maximum Gasteiger partial charge on any atom is 0.129 e. The summed E-state index contributed by atoms with van der Waals surface area (Å²) in [6.07, 6.45) is 1.99. The molecule has 0 atom stereocenters. The van der Waals surface area contributed by atoms with E-state index in [9.17, 15) is 0 Å². The van der Waals surface area contributed by atoms with Gasteiger partial charge in [-0.25, -0.2) is 4.98 Å². The minimum atomic E-state index is 0.109. The standard InChI is InChI=1S/C7H7BrClN3/c8-5-3-12-6(9)1-4(5)2-7(10)11/h1,3H,2H2,(H3,10,11). The van der Waals surface area contributed by atoms with E-state index < -0.39 is 0 Å². The average molecular weight is 249 g/mol. The van der Waals surface area contributed by atoms with Gasteiger partial charge in [-0.2, -0.15) is 0 Å². The van der Waals surface area contributed by atoms with Crippen molar-refractivity contribution in [2.24, 2.45) is 5.73 Å². The van der Waals surface area contributed by atoms with Crippen LogP contribution in [0.15, 0.2) is 16.7 Å². The first-order valence-corrected chi connectivity index (χ1v) is 4.39. The summed E-state index contributed by atoms with van der Waals surface area (Å²) in [4.78, 5) is 3.85. The fraction of sp³-hybridized carbons (Fsp3) is 0.143. The van der Waals surface area contributed by atoms with Crippen molar-refractivity contribution < 1.29 is 0 Å². The van der Waals surface area contributed by atoms with E-state index >= 15 is 0 Å².